The Balaban J connectivity index is 1.84. The minimum Gasteiger partial charge on any atom is -0.461 e. The minimum absolute atomic E-state index is 0.0223. The number of hydrogen-bond acceptors (Lipinski definition) is 5. The quantitative estimate of drug-likeness (QED) is 0.529. The number of aromatic amines is 1. The van der Waals surface area contributed by atoms with E-state index in [2.05, 4.69) is 9.97 Å². The first-order valence-corrected chi connectivity index (χ1v) is 10.5. The highest BCUT2D eigenvalue weighted by molar-refractivity contribution is 6.04. The van der Waals surface area contributed by atoms with Crippen molar-refractivity contribution >= 4 is 17.7 Å². The van der Waals surface area contributed by atoms with Crippen LogP contribution in [0.25, 0.3) is 0 Å². The van der Waals surface area contributed by atoms with Crippen molar-refractivity contribution in [2.45, 2.75) is 53.0 Å². The van der Waals surface area contributed by atoms with Crippen LogP contribution in [0, 0.1) is 19.8 Å². The highest BCUT2D eigenvalue weighted by atomic mass is 16.5. The van der Waals surface area contributed by atoms with E-state index in [1.165, 1.54) is 0 Å². The molecule has 160 valence electrons. The predicted molar refractivity (Wildman–Crippen MR) is 112 cm³/mol. The van der Waals surface area contributed by atoms with Crippen LogP contribution in [-0.4, -0.2) is 45.7 Å². The van der Waals surface area contributed by atoms with Gasteiger partial charge >= 0.3 is 5.97 Å². The Bertz CT molecular complexity index is 914. The average molecular weight is 412 g/mol. The number of esters is 1. The van der Waals surface area contributed by atoms with Crippen molar-refractivity contribution in [3.63, 3.8) is 0 Å². The van der Waals surface area contributed by atoms with Gasteiger partial charge in [0.05, 0.1) is 13.2 Å². The van der Waals surface area contributed by atoms with E-state index in [4.69, 9.17) is 4.74 Å². The van der Waals surface area contributed by atoms with Crippen molar-refractivity contribution in [2.24, 2.45) is 5.92 Å². The largest absolute Gasteiger partial charge is 0.461 e. The number of hydrogen-bond donors (Lipinski definition) is 1. The third kappa shape index (κ3) is 4.78. The molecular formula is C23H29N3O4. The van der Waals surface area contributed by atoms with Crippen LogP contribution in [0.5, 0.6) is 0 Å². The molecule has 1 amide bonds. The first-order valence-electron chi connectivity index (χ1n) is 10.5. The molecule has 0 spiro atoms. The van der Waals surface area contributed by atoms with Crippen molar-refractivity contribution in [3.05, 3.63) is 52.6 Å². The van der Waals surface area contributed by atoms with Gasteiger partial charge in [-0.05, 0) is 56.9 Å². The molecule has 2 aromatic heterocycles. The summed E-state index contributed by atoms with van der Waals surface area (Å²) in [7, 11) is 0. The van der Waals surface area contributed by atoms with E-state index in [9.17, 15) is 14.4 Å². The molecule has 1 aliphatic rings. The molecule has 1 N–H and O–H groups in total. The number of nitrogens with zero attached hydrogens (tertiary/aromatic N) is 2. The number of carbonyl (C=O) groups is 3. The second kappa shape index (κ2) is 9.69. The number of rotatable bonds is 8. The Morgan fingerprint density at radius 1 is 1.17 bits per heavy atom. The predicted octanol–water partition coefficient (Wildman–Crippen LogP) is 3.60. The fraction of sp³-hybridized carbons (Fsp3) is 0.478. The van der Waals surface area contributed by atoms with Gasteiger partial charge < -0.3 is 14.6 Å². The highest BCUT2D eigenvalue weighted by Crippen LogP contribution is 2.28. The van der Waals surface area contributed by atoms with E-state index in [0.717, 1.165) is 31.2 Å². The molecule has 0 atom stereocenters. The van der Waals surface area contributed by atoms with E-state index in [1.807, 2.05) is 12.1 Å². The first-order chi connectivity index (χ1) is 14.4. The molecular weight excluding hydrogens is 382 g/mol. The van der Waals surface area contributed by atoms with Crippen LogP contribution >= 0.6 is 0 Å². The lowest BCUT2D eigenvalue weighted by molar-refractivity contribution is -0.135. The second-order valence-electron chi connectivity index (χ2n) is 7.80. The van der Waals surface area contributed by atoms with Crippen molar-refractivity contribution in [1.82, 2.24) is 14.9 Å². The number of ketones is 1. The molecule has 1 aliphatic carbocycles. The monoisotopic (exact) mass is 411 g/mol. The summed E-state index contributed by atoms with van der Waals surface area (Å²) in [4.78, 5) is 47.2. The van der Waals surface area contributed by atoms with Crippen molar-refractivity contribution < 1.29 is 19.1 Å². The van der Waals surface area contributed by atoms with Crippen LogP contribution in [-0.2, 0) is 16.1 Å². The Hall–Kier alpha value is -2.96. The van der Waals surface area contributed by atoms with Gasteiger partial charge in [-0.1, -0.05) is 12.8 Å². The molecule has 1 saturated carbocycles. The number of ether oxygens (including phenoxy) is 1. The van der Waals surface area contributed by atoms with Gasteiger partial charge in [-0.15, -0.1) is 0 Å². The van der Waals surface area contributed by atoms with E-state index in [-0.39, 0.29) is 30.8 Å². The zero-order valence-corrected chi connectivity index (χ0v) is 17.9. The van der Waals surface area contributed by atoms with Gasteiger partial charge in [0.15, 0.2) is 5.78 Å². The Labute approximate surface area is 176 Å². The van der Waals surface area contributed by atoms with E-state index < -0.39 is 5.97 Å². The number of pyridine rings is 1. The molecule has 0 aromatic carbocycles. The van der Waals surface area contributed by atoms with Gasteiger partial charge in [-0.3, -0.25) is 14.6 Å². The summed E-state index contributed by atoms with van der Waals surface area (Å²) < 4.78 is 5.07. The fourth-order valence-electron chi connectivity index (χ4n) is 4.18. The van der Waals surface area contributed by atoms with Gasteiger partial charge in [0, 0.05) is 36.1 Å². The van der Waals surface area contributed by atoms with Crippen molar-refractivity contribution in [1.29, 1.82) is 0 Å². The maximum absolute atomic E-state index is 13.2. The molecule has 2 aromatic rings. The van der Waals surface area contributed by atoms with Gasteiger partial charge in [-0.25, -0.2) is 4.79 Å². The first kappa shape index (κ1) is 21.7. The minimum atomic E-state index is -0.479. The summed E-state index contributed by atoms with van der Waals surface area (Å²) in [5, 5.41) is 0. The number of aryl methyl sites for hydroxylation is 1. The molecule has 0 bridgehead atoms. The van der Waals surface area contributed by atoms with E-state index >= 15 is 0 Å². The maximum Gasteiger partial charge on any atom is 0.355 e. The SMILES string of the molecule is CCOC(=O)c1[nH]c(C)c(C(=O)CN(Cc2ccncc2)C(=O)C2CCCC2)c1C. The molecule has 0 radical (unpaired) electrons. The summed E-state index contributed by atoms with van der Waals surface area (Å²) in [6, 6.07) is 3.70. The lowest BCUT2D eigenvalue weighted by Crippen LogP contribution is -2.38. The number of aromatic nitrogens is 2. The van der Waals surface area contributed by atoms with Gasteiger partial charge in [0.25, 0.3) is 0 Å². The summed E-state index contributed by atoms with van der Waals surface area (Å²) >= 11 is 0. The summed E-state index contributed by atoms with van der Waals surface area (Å²) in [6.45, 7) is 5.82. The zero-order chi connectivity index (χ0) is 21.7. The summed E-state index contributed by atoms with van der Waals surface area (Å²) in [5.41, 5.74) is 2.85. The average Bonchev–Trinajstić information content (AvgIpc) is 3.36. The molecule has 3 rings (SSSR count). The van der Waals surface area contributed by atoms with E-state index in [0.29, 0.717) is 29.1 Å². The standard InChI is InChI=1S/C23H29N3O4/c1-4-30-23(29)21-15(2)20(16(3)25-21)19(27)14-26(13-17-9-11-24-12-10-17)22(28)18-7-5-6-8-18/h9-12,18,25H,4-8,13-14H2,1-3H3. The molecule has 1 fully saturated rings. The Morgan fingerprint density at radius 3 is 2.47 bits per heavy atom. The highest BCUT2D eigenvalue weighted by Gasteiger charge is 2.30. The molecule has 30 heavy (non-hydrogen) atoms. The third-order valence-corrected chi connectivity index (χ3v) is 5.67. The van der Waals surface area contributed by atoms with Crippen molar-refractivity contribution in [2.75, 3.05) is 13.2 Å². The Morgan fingerprint density at radius 2 is 1.83 bits per heavy atom. The molecule has 7 nitrogen and oxygen atoms in total. The number of nitrogens with one attached hydrogen (secondary N) is 1. The number of carbonyl (C=O) groups excluding carboxylic acids is 3. The summed E-state index contributed by atoms with van der Waals surface area (Å²) in [6.07, 6.45) is 7.20. The number of amides is 1. The van der Waals surface area contributed by atoms with Gasteiger partial charge in [0.2, 0.25) is 5.91 Å². The molecule has 2 heterocycles. The summed E-state index contributed by atoms with van der Waals surface area (Å²) in [5.74, 6) is -0.665. The van der Waals surface area contributed by atoms with Gasteiger partial charge in [0.1, 0.15) is 5.69 Å². The number of H-pyrrole nitrogens is 1. The van der Waals surface area contributed by atoms with Crippen LogP contribution in [0.4, 0.5) is 0 Å². The van der Waals surface area contributed by atoms with Crippen LogP contribution in [0.3, 0.4) is 0 Å². The Kier molecular flexibility index (Phi) is 7.03. The maximum atomic E-state index is 13.2. The normalized spacial score (nSPS) is 14.0. The zero-order valence-electron chi connectivity index (χ0n) is 17.9. The van der Waals surface area contributed by atoms with Crippen LogP contribution < -0.4 is 0 Å². The van der Waals surface area contributed by atoms with Gasteiger partial charge in [-0.2, -0.15) is 0 Å². The third-order valence-electron chi connectivity index (χ3n) is 5.67. The molecule has 7 heteroatoms. The lowest BCUT2D eigenvalue weighted by Gasteiger charge is -2.25. The fourth-order valence-corrected chi connectivity index (χ4v) is 4.18. The molecule has 0 aliphatic heterocycles. The van der Waals surface area contributed by atoms with Crippen LogP contribution in [0.15, 0.2) is 24.5 Å². The smallest absolute Gasteiger partial charge is 0.355 e. The van der Waals surface area contributed by atoms with Crippen LogP contribution in [0.2, 0.25) is 0 Å². The van der Waals surface area contributed by atoms with Crippen molar-refractivity contribution in [3.8, 4) is 0 Å². The van der Waals surface area contributed by atoms with Crippen LogP contribution in [0.1, 0.15) is 70.3 Å². The van der Waals surface area contributed by atoms with E-state index in [1.54, 1.807) is 38.1 Å². The number of Topliss-reactive ketones (excluding diaryl/α,β-unsaturated/α-hetero) is 1. The lowest BCUT2D eigenvalue weighted by atomic mass is 10.0. The second-order valence-corrected chi connectivity index (χ2v) is 7.80. The topological polar surface area (TPSA) is 92.4 Å². The molecule has 0 unspecified atom stereocenters. The molecule has 0 saturated heterocycles.